The topological polar surface area (TPSA) is 125 Å². The summed E-state index contributed by atoms with van der Waals surface area (Å²) in [4.78, 5) is 14.6. The first-order chi connectivity index (χ1) is 8.50. The molecule has 0 aliphatic heterocycles. The number of nitrogens with zero attached hydrogens (tertiary/aromatic N) is 2. The van der Waals surface area contributed by atoms with Crippen LogP contribution < -0.4 is 4.72 Å². The zero-order valence-electron chi connectivity index (χ0n) is 8.86. The fourth-order valence-corrected chi connectivity index (χ4v) is 2.41. The minimum atomic E-state index is -4.02. The summed E-state index contributed by atoms with van der Waals surface area (Å²) >= 11 is 0. The average molecular weight is 268 g/mol. The third kappa shape index (κ3) is 2.30. The number of anilines is 1. The molecule has 0 unspecified atom stereocenters. The molecular weight excluding hydrogens is 260 g/mol. The maximum Gasteiger partial charge on any atom is 0.340 e. The van der Waals surface area contributed by atoms with E-state index < -0.39 is 26.6 Å². The molecule has 0 amide bonds. The summed E-state index contributed by atoms with van der Waals surface area (Å²) in [6, 6.07) is 2.88. The number of aromatic carboxylic acids is 1. The first-order valence-corrected chi connectivity index (χ1v) is 6.18. The highest BCUT2D eigenvalue weighted by Crippen LogP contribution is 2.16. The maximum atomic E-state index is 11.9. The molecule has 2 rings (SSSR count). The van der Waals surface area contributed by atoms with Crippen LogP contribution in [0.1, 0.15) is 10.4 Å². The molecule has 0 saturated heterocycles. The lowest BCUT2D eigenvalue weighted by molar-refractivity contribution is 0.0692. The van der Waals surface area contributed by atoms with Gasteiger partial charge in [-0.15, -0.1) is 0 Å². The van der Waals surface area contributed by atoms with E-state index >= 15 is 0 Å². The number of carboxylic acid groups (broad SMARTS) is 1. The van der Waals surface area contributed by atoms with E-state index in [1.54, 1.807) is 0 Å². The van der Waals surface area contributed by atoms with Gasteiger partial charge in [-0.25, -0.2) is 4.79 Å². The van der Waals surface area contributed by atoms with Gasteiger partial charge in [0.15, 0.2) is 5.03 Å². The zero-order valence-corrected chi connectivity index (χ0v) is 9.68. The molecule has 0 bridgehead atoms. The molecule has 9 heteroatoms. The molecule has 0 fully saturated rings. The molecule has 3 N–H and O–H groups in total. The smallest absolute Gasteiger partial charge is 0.340 e. The van der Waals surface area contributed by atoms with Crippen molar-refractivity contribution in [3.05, 3.63) is 36.3 Å². The summed E-state index contributed by atoms with van der Waals surface area (Å²) in [7, 11) is -4.02. The van der Waals surface area contributed by atoms with Gasteiger partial charge in [-0.3, -0.25) is 14.8 Å². The van der Waals surface area contributed by atoms with Crippen LogP contribution in [0.15, 0.2) is 35.7 Å². The van der Waals surface area contributed by atoms with Crippen LogP contribution in [0.25, 0.3) is 0 Å². The van der Waals surface area contributed by atoms with Crippen molar-refractivity contribution in [3.8, 4) is 0 Å². The highest BCUT2D eigenvalue weighted by molar-refractivity contribution is 7.92. The van der Waals surface area contributed by atoms with E-state index in [-0.39, 0.29) is 5.69 Å². The summed E-state index contributed by atoms with van der Waals surface area (Å²) in [5.41, 5.74) is -0.146. The van der Waals surface area contributed by atoms with Gasteiger partial charge in [0.05, 0.1) is 11.9 Å². The van der Waals surface area contributed by atoms with Gasteiger partial charge in [0.2, 0.25) is 0 Å². The third-order valence-electron chi connectivity index (χ3n) is 2.04. The van der Waals surface area contributed by atoms with E-state index in [4.69, 9.17) is 5.11 Å². The number of hydrogen-bond donors (Lipinski definition) is 3. The normalized spacial score (nSPS) is 11.1. The highest BCUT2D eigenvalue weighted by atomic mass is 32.2. The number of H-pyrrole nitrogens is 1. The number of aromatic amines is 1. The largest absolute Gasteiger partial charge is 0.478 e. The Morgan fingerprint density at radius 3 is 2.61 bits per heavy atom. The van der Waals surface area contributed by atoms with E-state index in [1.807, 2.05) is 0 Å². The number of rotatable bonds is 4. The molecular formula is C9H8N4O4S. The molecule has 94 valence electrons. The van der Waals surface area contributed by atoms with Gasteiger partial charge >= 0.3 is 5.97 Å². The Morgan fingerprint density at radius 2 is 2.00 bits per heavy atom. The van der Waals surface area contributed by atoms with Crippen molar-refractivity contribution in [1.29, 1.82) is 0 Å². The van der Waals surface area contributed by atoms with Crippen molar-refractivity contribution >= 4 is 21.7 Å². The number of sulfonamides is 1. The Labute approximate surface area is 102 Å². The molecule has 0 aromatic carbocycles. The van der Waals surface area contributed by atoms with Crippen LogP contribution in [0.3, 0.4) is 0 Å². The molecule has 8 nitrogen and oxygen atoms in total. The van der Waals surface area contributed by atoms with E-state index in [2.05, 4.69) is 19.9 Å². The zero-order chi connectivity index (χ0) is 13.2. The SMILES string of the molecule is O=C(O)c1cn[nH]c1S(=O)(=O)Nc1ccncc1. The number of carboxylic acids is 1. The molecule has 2 aromatic rings. The van der Waals surface area contributed by atoms with Crippen LogP contribution in [0.4, 0.5) is 5.69 Å². The Bertz CT molecular complexity index is 665. The molecule has 2 heterocycles. The predicted molar refractivity (Wildman–Crippen MR) is 60.6 cm³/mol. The second kappa shape index (κ2) is 4.45. The van der Waals surface area contributed by atoms with Crippen LogP contribution in [-0.2, 0) is 10.0 Å². The van der Waals surface area contributed by atoms with E-state index in [0.717, 1.165) is 6.20 Å². The molecule has 0 saturated carbocycles. The van der Waals surface area contributed by atoms with Gasteiger partial charge in [-0.2, -0.15) is 13.5 Å². The highest BCUT2D eigenvalue weighted by Gasteiger charge is 2.24. The van der Waals surface area contributed by atoms with Crippen LogP contribution in [-0.4, -0.2) is 34.7 Å². The first kappa shape index (κ1) is 12.0. The molecule has 0 radical (unpaired) electrons. The predicted octanol–water partition coefficient (Wildman–Crippen LogP) is 0.304. The Morgan fingerprint density at radius 1 is 1.33 bits per heavy atom. The quantitative estimate of drug-likeness (QED) is 0.732. The maximum absolute atomic E-state index is 11.9. The summed E-state index contributed by atoms with van der Waals surface area (Å²) in [6.07, 6.45) is 3.75. The first-order valence-electron chi connectivity index (χ1n) is 4.70. The van der Waals surface area contributed by atoms with Gasteiger partial charge < -0.3 is 5.11 Å². The van der Waals surface area contributed by atoms with Crippen molar-refractivity contribution in [2.75, 3.05) is 4.72 Å². The second-order valence-corrected chi connectivity index (χ2v) is 4.88. The van der Waals surface area contributed by atoms with Crippen molar-refractivity contribution in [1.82, 2.24) is 15.2 Å². The number of nitrogens with one attached hydrogen (secondary N) is 2. The van der Waals surface area contributed by atoms with Crippen molar-refractivity contribution in [2.45, 2.75) is 5.03 Å². The molecule has 18 heavy (non-hydrogen) atoms. The Kier molecular flexibility index (Phi) is 2.98. The van der Waals surface area contributed by atoms with Gasteiger partial charge in [0.25, 0.3) is 10.0 Å². The number of pyridine rings is 1. The standard InChI is InChI=1S/C9H8N4O4S/c14-9(15)7-5-11-12-8(7)18(16,17)13-6-1-3-10-4-2-6/h1-5H,(H,10,13)(H,11,12)(H,14,15). The lowest BCUT2D eigenvalue weighted by atomic mass is 10.4. The lowest BCUT2D eigenvalue weighted by Gasteiger charge is -2.06. The average Bonchev–Trinajstić information content (AvgIpc) is 2.79. The molecule has 0 aliphatic rings. The number of carbonyl (C=O) groups is 1. The van der Waals surface area contributed by atoms with Crippen molar-refractivity contribution in [2.24, 2.45) is 0 Å². The second-order valence-electron chi connectivity index (χ2n) is 3.26. The Hall–Kier alpha value is -2.42. The minimum Gasteiger partial charge on any atom is -0.478 e. The van der Waals surface area contributed by atoms with Crippen LogP contribution in [0.5, 0.6) is 0 Å². The fraction of sp³-hybridized carbons (Fsp3) is 0. The van der Waals surface area contributed by atoms with Gasteiger partial charge in [0.1, 0.15) is 5.56 Å². The number of hydrogen-bond acceptors (Lipinski definition) is 5. The van der Waals surface area contributed by atoms with Gasteiger partial charge in [-0.1, -0.05) is 0 Å². The minimum absolute atomic E-state index is 0.274. The summed E-state index contributed by atoms with van der Waals surface area (Å²) in [5, 5.41) is 13.9. The van der Waals surface area contributed by atoms with Crippen LogP contribution >= 0.6 is 0 Å². The summed E-state index contributed by atoms with van der Waals surface area (Å²) in [5.74, 6) is -1.38. The van der Waals surface area contributed by atoms with Gasteiger partial charge in [-0.05, 0) is 12.1 Å². The van der Waals surface area contributed by atoms with Gasteiger partial charge in [0, 0.05) is 12.4 Å². The van der Waals surface area contributed by atoms with E-state index in [0.29, 0.717) is 0 Å². The fourth-order valence-electron chi connectivity index (χ4n) is 1.26. The summed E-state index contributed by atoms with van der Waals surface area (Å²) in [6.45, 7) is 0. The third-order valence-corrected chi connectivity index (χ3v) is 3.39. The van der Waals surface area contributed by atoms with Crippen molar-refractivity contribution < 1.29 is 18.3 Å². The number of aromatic nitrogens is 3. The molecule has 0 aliphatic carbocycles. The lowest BCUT2D eigenvalue weighted by Crippen LogP contribution is -2.16. The molecule has 0 spiro atoms. The van der Waals surface area contributed by atoms with Crippen LogP contribution in [0.2, 0.25) is 0 Å². The molecule has 0 atom stereocenters. The molecule has 2 aromatic heterocycles. The van der Waals surface area contributed by atoms with E-state index in [1.165, 1.54) is 24.5 Å². The summed E-state index contributed by atoms with van der Waals surface area (Å²) < 4.78 is 26.1. The Balaban J connectivity index is 2.37. The monoisotopic (exact) mass is 268 g/mol. The van der Waals surface area contributed by atoms with Crippen LogP contribution in [0, 0.1) is 0 Å². The van der Waals surface area contributed by atoms with Crippen molar-refractivity contribution in [3.63, 3.8) is 0 Å². The van der Waals surface area contributed by atoms with E-state index in [9.17, 15) is 13.2 Å².